The van der Waals surface area contributed by atoms with Gasteiger partial charge in [0.15, 0.2) is 0 Å². The van der Waals surface area contributed by atoms with Crippen molar-refractivity contribution in [3.05, 3.63) is 22.4 Å². The standard InChI is InChI=1S/C8H11NO3S/c10-5-6(9-8(11)12)4-7-2-1-3-13-7/h1-3,6,9-10H,4-5H2,(H,11,12). The molecule has 13 heavy (non-hydrogen) atoms. The van der Waals surface area contributed by atoms with E-state index in [9.17, 15) is 4.79 Å². The van der Waals surface area contributed by atoms with Crippen molar-refractivity contribution in [1.82, 2.24) is 5.32 Å². The lowest BCUT2D eigenvalue weighted by molar-refractivity contribution is 0.177. The van der Waals surface area contributed by atoms with E-state index in [-0.39, 0.29) is 6.61 Å². The van der Waals surface area contributed by atoms with Crippen LogP contribution in [0.25, 0.3) is 0 Å². The molecule has 1 heterocycles. The summed E-state index contributed by atoms with van der Waals surface area (Å²) in [4.78, 5) is 11.3. The molecular formula is C8H11NO3S. The Morgan fingerprint density at radius 3 is 2.92 bits per heavy atom. The van der Waals surface area contributed by atoms with Crippen LogP contribution in [0.5, 0.6) is 0 Å². The van der Waals surface area contributed by atoms with Gasteiger partial charge in [0, 0.05) is 11.3 Å². The Balaban J connectivity index is 2.45. The third-order valence-corrected chi connectivity index (χ3v) is 2.47. The number of amides is 1. The first-order chi connectivity index (χ1) is 6.22. The summed E-state index contributed by atoms with van der Waals surface area (Å²) in [5.41, 5.74) is 0. The molecule has 0 saturated carbocycles. The second-order valence-electron chi connectivity index (χ2n) is 2.61. The van der Waals surface area contributed by atoms with E-state index in [4.69, 9.17) is 10.2 Å². The van der Waals surface area contributed by atoms with Crippen molar-refractivity contribution in [2.24, 2.45) is 0 Å². The third-order valence-electron chi connectivity index (χ3n) is 1.58. The molecule has 4 nitrogen and oxygen atoms in total. The number of nitrogens with one attached hydrogen (secondary N) is 1. The van der Waals surface area contributed by atoms with Gasteiger partial charge >= 0.3 is 6.09 Å². The van der Waals surface area contributed by atoms with Crippen LogP contribution in [0.2, 0.25) is 0 Å². The minimum atomic E-state index is -1.10. The van der Waals surface area contributed by atoms with Gasteiger partial charge in [0.1, 0.15) is 0 Å². The van der Waals surface area contributed by atoms with Gasteiger partial charge in [-0.1, -0.05) is 6.07 Å². The van der Waals surface area contributed by atoms with E-state index in [1.54, 1.807) is 11.3 Å². The van der Waals surface area contributed by atoms with Crippen molar-refractivity contribution >= 4 is 17.4 Å². The lowest BCUT2D eigenvalue weighted by Gasteiger charge is -2.12. The maximum atomic E-state index is 10.3. The molecule has 1 amide bonds. The van der Waals surface area contributed by atoms with Crippen LogP contribution < -0.4 is 5.32 Å². The van der Waals surface area contributed by atoms with Gasteiger partial charge in [-0.3, -0.25) is 0 Å². The fourth-order valence-electron chi connectivity index (χ4n) is 1.01. The number of aliphatic hydroxyl groups is 1. The quantitative estimate of drug-likeness (QED) is 0.678. The van der Waals surface area contributed by atoms with Crippen LogP contribution in [-0.2, 0) is 6.42 Å². The molecule has 1 atom stereocenters. The van der Waals surface area contributed by atoms with Crippen molar-refractivity contribution in [3.63, 3.8) is 0 Å². The van der Waals surface area contributed by atoms with E-state index >= 15 is 0 Å². The van der Waals surface area contributed by atoms with Crippen molar-refractivity contribution < 1.29 is 15.0 Å². The first-order valence-corrected chi connectivity index (χ1v) is 4.73. The highest BCUT2D eigenvalue weighted by Gasteiger charge is 2.10. The fourth-order valence-corrected chi connectivity index (χ4v) is 1.79. The summed E-state index contributed by atoms with van der Waals surface area (Å²) in [5.74, 6) is 0. The van der Waals surface area contributed by atoms with Crippen molar-refractivity contribution in [2.75, 3.05) is 6.61 Å². The molecule has 0 aliphatic carbocycles. The van der Waals surface area contributed by atoms with Gasteiger partial charge in [-0.2, -0.15) is 0 Å². The number of hydrogen-bond donors (Lipinski definition) is 3. The number of rotatable bonds is 4. The van der Waals surface area contributed by atoms with E-state index in [2.05, 4.69) is 5.32 Å². The molecule has 0 bridgehead atoms. The number of carboxylic acid groups (broad SMARTS) is 1. The molecule has 0 fully saturated rings. The minimum absolute atomic E-state index is 0.176. The largest absolute Gasteiger partial charge is 0.465 e. The summed E-state index contributed by atoms with van der Waals surface area (Å²) in [7, 11) is 0. The summed E-state index contributed by atoms with van der Waals surface area (Å²) in [5, 5.41) is 21.4. The zero-order chi connectivity index (χ0) is 9.68. The maximum absolute atomic E-state index is 10.3. The SMILES string of the molecule is O=C(O)NC(CO)Cc1cccs1. The van der Waals surface area contributed by atoms with E-state index in [0.717, 1.165) is 4.88 Å². The molecule has 72 valence electrons. The average molecular weight is 201 g/mol. The van der Waals surface area contributed by atoms with E-state index < -0.39 is 12.1 Å². The Morgan fingerprint density at radius 1 is 1.69 bits per heavy atom. The van der Waals surface area contributed by atoms with Crippen LogP contribution in [0.4, 0.5) is 4.79 Å². The first-order valence-electron chi connectivity index (χ1n) is 3.85. The lowest BCUT2D eigenvalue weighted by Crippen LogP contribution is -2.37. The summed E-state index contributed by atoms with van der Waals surface area (Å²) < 4.78 is 0. The maximum Gasteiger partial charge on any atom is 0.404 e. The monoisotopic (exact) mass is 201 g/mol. The second-order valence-corrected chi connectivity index (χ2v) is 3.64. The molecule has 5 heteroatoms. The van der Waals surface area contributed by atoms with Crippen LogP contribution in [0.15, 0.2) is 17.5 Å². The summed E-state index contributed by atoms with van der Waals surface area (Å²) in [6, 6.07) is 3.41. The molecule has 0 saturated heterocycles. The van der Waals surface area contributed by atoms with Crippen molar-refractivity contribution in [1.29, 1.82) is 0 Å². The highest BCUT2D eigenvalue weighted by molar-refractivity contribution is 7.09. The molecule has 0 aliphatic rings. The topological polar surface area (TPSA) is 69.6 Å². The van der Waals surface area contributed by atoms with Gasteiger partial charge in [-0.05, 0) is 11.4 Å². The number of thiophene rings is 1. The molecule has 0 spiro atoms. The van der Waals surface area contributed by atoms with Crippen LogP contribution in [0.3, 0.4) is 0 Å². The van der Waals surface area contributed by atoms with Gasteiger partial charge in [-0.25, -0.2) is 4.79 Å². The normalized spacial score (nSPS) is 12.4. The molecule has 1 unspecified atom stereocenters. The molecule has 1 rings (SSSR count). The highest BCUT2D eigenvalue weighted by atomic mass is 32.1. The van der Waals surface area contributed by atoms with Gasteiger partial charge in [0.2, 0.25) is 0 Å². The van der Waals surface area contributed by atoms with Crippen molar-refractivity contribution in [3.8, 4) is 0 Å². The van der Waals surface area contributed by atoms with Crippen LogP contribution >= 0.6 is 11.3 Å². The molecule has 3 N–H and O–H groups in total. The number of aliphatic hydroxyl groups excluding tert-OH is 1. The van der Waals surface area contributed by atoms with Gasteiger partial charge in [0.05, 0.1) is 12.6 Å². The van der Waals surface area contributed by atoms with E-state index in [1.165, 1.54) is 0 Å². The average Bonchev–Trinajstić information content (AvgIpc) is 2.55. The Labute approximate surface area is 79.8 Å². The van der Waals surface area contributed by atoms with Crippen LogP contribution in [0.1, 0.15) is 4.88 Å². The Kier molecular flexibility index (Phi) is 3.72. The highest BCUT2D eigenvalue weighted by Crippen LogP contribution is 2.10. The predicted octanol–water partition coefficient (Wildman–Crippen LogP) is 0.919. The summed E-state index contributed by atoms with van der Waals surface area (Å²) in [6.07, 6.45) is -0.559. The predicted molar refractivity (Wildman–Crippen MR) is 50.1 cm³/mol. The molecule has 1 aromatic rings. The van der Waals surface area contributed by atoms with Crippen molar-refractivity contribution in [2.45, 2.75) is 12.5 Å². The van der Waals surface area contributed by atoms with E-state index in [0.29, 0.717) is 6.42 Å². The molecule has 0 radical (unpaired) electrons. The number of hydrogen-bond acceptors (Lipinski definition) is 3. The smallest absolute Gasteiger partial charge is 0.404 e. The second kappa shape index (κ2) is 4.84. The Hall–Kier alpha value is -1.07. The molecule has 1 aromatic heterocycles. The zero-order valence-corrected chi connectivity index (χ0v) is 7.75. The Bertz CT molecular complexity index is 260. The van der Waals surface area contributed by atoms with Gasteiger partial charge in [0.25, 0.3) is 0 Å². The summed E-state index contributed by atoms with van der Waals surface area (Å²) >= 11 is 1.55. The summed E-state index contributed by atoms with van der Waals surface area (Å²) in [6.45, 7) is -0.176. The molecule has 0 aliphatic heterocycles. The Morgan fingerprint density at radius 2 is 2.46 bits per heavy atom. The lowest BCUT2D eigenvalue weighted by atomic mass is 10.2. The molecule has 0 aromatic carbocycles. The van der Waals surface area contributed by atoms with Gasteiger partial charge < -0.3 is 15.5 Å². The van der Waals surface area contributed by atoms with Gasteiger partial charge in [-0.15, -0.1) is 11.3 Å². The minimum Gasteiger partial charge on any atom is -0.465 e. The van der Waals surface area contributed by atoms with Crippen LogP contribution in [-0.4, -0.2) is 29.0 Å². The third kappa shape index (κ3) is 3.43. The number of carbonyl (C=O) groups is 1. The van der Waals surface area contributed by atoms with E-state index in [1.807, 2.05) is 17.5 Å². The van der Waals surface area contributed by atoms with Crippen LogP contribution in [0, 0.1) is 0 Å². The fraction of sp³-hybridized carbons (Fsp3) is 0.375. The zero-order valence-electron chi connectivity index (χ0n) is 6.93. The molecular weight excluding hydrogens is 190 g/mol. The first kappa shape index (κ1) is 10.0.